The first-order chi connectivity index (χ1) is 14.8. The molecule has 1 aromatic rings. The molecule has 0 saturated carbocycles. The average molecular weight is 461 g/mol. The highest BCUT2D eigenvalue weighted by Gasteiger charge is 2.34. The second kappa shape index (κ2) is 9.66. The Morgan fingerprint density at radius 1 is 1.26 bits per heavy atom. The molecule has 1 amide bonds. The van der Waals surface area contributed by atoms with E-state index in [0.29, 0.717) is 23.5 Å². The normalized spacial score (nSPS) is 18.4. The smallest absolute Gasteiger partial charge is 0.323 e. The van der Waals surface area contributed by atoms with Crippen LogP contribution in [0.4, 0.5) is 5.82 Å². The Kier molecular flexibility index (Phi) is 7.18. The van der Waals surface area contributed by atoms with E-state index in [2.05, 4.69) is 4.90 Å². The van der Waals surface area contributed by atoms with Crippen LogP contribution in [0, 0.1) is 18.3 Å². The third kappa shape index (κ3) is 4.52. The summed E-state index contributed by atoms with van der Waals surface area (Å²) in [7, 11) is 0. The van der Waals surface area contributed by atoms with Gasteiger partial charge in [0.05, 0.1) is 4.91 Å². The minimum Gasteiger partial charge on any atom is -0.480 e. The van der Waals surface area contributed by atoms with Gasteiger partial charge in [-0.1, -0.05) is 36.8 Å². The molecule has 2 fully saturated rings. The van der Waals surface area contributed by atoms with Gasteiger partial charge < -0.3 is 10.0 Å². The predicted octanol–water partition coefficient (Wildman–Crippen LogP) is 2.71. The highest BCUT2D eigenvalue weighted by Crippen LogP contribution is 2.36. The van der Waals surface area contributed by atoms with Crippen molar-refractivity contribution in [2.24, 2.45) is 0 Å². The molecular weight excluding hydrogens is 436 g/mol. The van der Waals surface area contributed by atoms with E-state index in [0.717, 1.165) is 55.4 Å². The van der Waals surface area contributed by atoms with Crippen molar-refractivity contribution in [1.82, 2.24) is 9.47 Å². The van der Waals surface area contributed by atoms with Crippen LogP contribution >= 0.6 is 24.0 Å². The van der Waals surface area contributed by atoms with Crippen molar-refractivity contribution < 1.29 is 14.7 Å². The lowest BCUT2D eigenvalue weighted by atomic mass is 10.0. The monoisotopic (exact) mass is 460 g/mol. The lowest BCUT2D eigenvalue weighted by molar-refractivity contribution is -0.140. The Bertz CT molecular complexity index is 1060. The van der Waals surface area contributed by atoms with Gasteiger partial charge in [0.2, 0.25) is 0 Å². The molecule has 3 heterocycles. The largest absolute Gasteiger partial charge is 0.480 e. The lowest BCUT2D eigenvalue weighted by Gasteiger charge is -2.29. The lowest BCUT2D eigenvalue weighted by Crippen LogP contribution is -2.35. The van der Waals surface area contributed by atoms with Gasteiger partial charge >= 0.3 is 5.97 Å². The molecule has 8 nitrogen and oxygen atoms in total. The summed E-state index contributed by atoms with van der Waals surface area (Å²) >= 11 is 6.24. The van der Waals surface area contributed by atoms with Gasteiger partial charge in [-0.2, -0.15) is 5.26 Å². The number of nitrogens with zero attached hydrogens (tertiary/aromatic N) is 4. The number of hydrogen-bond acceptors (Lipinski definition) is 7. The van der Waals surface area contributed by atoms with Crippen molar-refractivity contribution in [3.8, 4) is 6.07 Å². The second-order valence-electron chi connectivity index (χ2n) is 7.46. The van der Waals surface area contributed by atoms with E-state index in [1.165, 1.54) is 0 Å². The number of nitriles is 1. The van der Waals surface area contributed by atoms with Gasteiger partial charge in [0.15, 0.2) is 0 Å². The number of carbonyl (C=O) groups excluding carboxylic acids is 1. The highest BCUT2D eigenvalue weighted by atomic mass is 32.2. The van der Waals surface area contributed by atoms with Crippen molar-refractivity contribution in [2.75, 3.05) is 24.5 Å². The predicted molar refractivity (Wildman–Crippen MR) is 124 cm³/mol. The minimum atomic E-state index is -1.15. The van der Waals surface area contributed by atoms with E-state index in [4.69, 9.17) is 17.3 Å². The minimum absolute atomic E-state index is 0.0488. The molecule has 0 spiro atoms. The summed E-state index contributed by atoms with van der Waals surface area (Å²) in [4.78, 5) is 40.4. The van der Waals surface area contributed by atoms with Crippen molar-refractivity contribution >= 4 is 52.1 Å². The molecule has 2 aliphatic rings. The van der Waals surface area contributed by atoms with Crippen LogP contribution in [0.5, 0.6) is 0 Å². The molecule has 0 aliphatic carbocycles. The number of thioether (sulfide) groups is 1. The maximum atomic E-state index is 13.0. The number of anilines is 1. The number of amides is 1. The number of thiocarbonyl (C=S) groups is 1. The van der Waals surface area contributed by atoms with Crippen LogP contribution in [0.1, 0.15) is 49.3 Å². The van der Waals surface area contributed by atoms with Crippen LogP contribution in [0.15, 0.2) is 9.70 Å². The SMILES string of the molecule is CCn1c(N2CCCCCC2)c(/C=C2/SC(=S)N(CC(=O)O)C2=O)c(C)c(C#N)c1=O. The number of carbonyl (C=O) groups is 2. The van der Waals surface area contributed by atoms with E-state index < -0.39 is 18.4 Å². The molecule has 2 aliphatic heterocycles. The molecule has 0 radical (unpaired) electrons. The molecule has 0 bridgehead atoms. The molecule has 0 atom stereocenters. The zero-order valence-corrected chi connectivity index (χ0v) is 19.1. The summed E-state index contributed by atoms with van der Waals surface area (Å²) in [6, 6.07) is 2.01. The Hall–Kier alpha value is -2.64. The van der Waals surface area contributed by atoms with E-state index in [9.17, 15) is 19.6 Å². The summed E-state index contributed by atoms with van der Waals surface area (Å²) < 4.78 is 1.78. The van der Waals surface area contributed by atoms with Crippen molar-refractivity contribution in [2.45, 2.75) is 46.1 Å². The van der Waals surface area contributed by atoms with Gasteiger partial charge in [-0.3, -0.25) is 23.9 Å². The van der Waals surface area contributed by atoms with Crippen LogP contribution in [-0.4, -0.2) is 50.4 Å². The summed E-state index contributed by atoms with van der Waals surface area (Å²) in [5, 5.41) is 18.7. The van der Waals surface area contributed by atoms with E-state index >= 15 is 0 Å². The van der Waals surface area contributed by atoms with E-state index in [1.807, 2.05) is 13.0 Å². The first kappa shape index (κ1) is 23.0. The van der Waals surface area contributed by atoms with Crippen LogP contribution in [-0.2, 0) is 16.1 Å². The summed E-state index contributed by atoms with van der Waals surface area (Å²) in [5.41, 5.74) is 0.862. The van der Waals surface area contributed by atoms with Gasteiger partial charge in [0.1, 0.15) is 28.3 Å². The molecule has 1 aromatic heterocycles. The van der Waals surface area contributed by atoms with Crippen LogP contribution in [0.25, 0.3) is 6.08 Å². The number of aliphatic carboxylic acids is 1. The fourth-order valence-corrected chi connectivity index (χ4v) is 5.20. The highest BCUT2D eigenvalue weighted by molar-refractivity contribution is 8.26. The Morgan fingerprint density at radius 3 is 2.45 bits per heavy atom. The van der Waals surface area contributed by atoms with Crippen LogP contribution in [0.2, 0.25) is 0 Å². The topological polar surface area (TPSA) is 107 Å². The Morgan fingerprint density at radius 2 is 1.90 bits per heavy atom. The molecule has 10 heteroatoms. The zero-order chi connectivity index (χ0) is 22.7. The summed E-state index contributed by atoms with van der Waals surface area (Å²) in [5.74, 6) is -0.925. The number of hydrogen-bond donors (Lipinski definition) is 1. The molecule has 0 aromatic carbocycles. The van der Waals surface area contributed by atoms with Crippen molar-refractivity contribution in [1.29, 1.82) is 5.26 Å². The first-order valence-electron chi connectivity index (χ1n) is 10.2. The van der Waals surface area contributed by atoms with Crippen LogP contribution in [0.3, 0.4) is 0 Å². The summed E-state index contributed by atoms with van der Waals surface area (Å²) in [6.45, 7) is 5.02. The Balaban J connectivity index is 2.21. The molecule has 31 heavy (non-hydrogen) atoms. The van der Waals surface area contributed by atoms with Gasteiger partial charge in [0, 0.05) is 25.2 Å². The van der Waals surface area contributed by atoms with Gasteiger partial charge in [-0.25, -0.2) is 0 Å². The zero-order valence-electron chi connectivity index (χ0n) is 17.5. The average Bonchev–Trinajstić information content (AvgIpc) is 2.92. The maximum absolute atomic E-state index is 13.0. The molecular formula is C21H24N4O4S2. The number of aromatic nitrogens is 1. The quantitative estimate of drug-likeness (QED) is 0.528. The molecule has 2 saturated heterocycles. The fourth-order valence-electron chi connectivity index (χ4n) is 3.96. The fraction of sp³-hybridized carbons (Fsp3) is 0.476. The molecule has 164 valence electrons. The van der Waals surface area contributed by atoms with Gasteiger partial charge in [0.25, 0.3) is 11.5 Å². The maximum Gasteiger partial charge on any atom is 0.323 e. The number of carboxylic acid groups (broad SMARTS) is 1. The molecule has 1 N–H and O–H groups in total. The van der Waals surface area contributed by atoms with Crippen LogP contribution < -0.4 is 10.5 Å². The van der Waals surface area contributed by atoms with Gasteiger partial charge in [-0.15, -0.1) is 0 Å². The number of rotatable bonds is 5. The summed E-state index contributed by atoms with van der Waals surface area (Å²) in [6.07, 6.45) is 5.88. The third-order valence-electron chi connectivity index (χ3n) is 5.51. The van der Waals surface area contributed by atoms with Crippen molar-refractivity contribution in [3.05, 3.63) is 31.9 Å². The molecule has 3 rings (SSSR count). The first-order valence-corrected chi connectivity index (χ1v) is 11.4. The van der Waals surface area contributed by atoms with Gasteiger partial charge in [-0.05, 0) is 38.3 Å². The number of pyridine rings is 1. The molecule has 0 unspecified atom stereocenters. The standard InChI is InChI=1S/C21H24N4O4S2/c1-3-24-18(23-8-6-4-5-7-9-23)14(13(2)15(11-22)19(24)28)10-16-20(29)25(12-17(26)27)21(30)31-16/h10H,3-9,12H2,1-2H3,(H,26,27)/b16-10+. The third-order valence-corrected chi connectivity index (χ3v) is 6.89. The number of carboxylic acids is 1. The van der Waals surface area contributed by atoms with Crippen molar-refractivity contribution in [3.63, 3.8) is 0 Å². The van der Waals surface area contributed by atoms with E-state index in [1.54, 1.807) is 17.6 Å². The second-order valence-corrected chi connectivity index (χ2v) is 9.14. The van der Waals surface area contributed by atoms with E-state index in [-0.39, 0.29) is 20.3 Å². The Labute approximate surface area is 190 Å².